The molecular formula is C17H24N6O. The highest BCUT2D eigenvalue weighted by Gasteiger charge is 2.15. The molecular weight excluding hydrogens is 304 g/mol. The van der Waals surface area contributed by atoms with Gasteiger partial charge in [-0.25, -0.2) is 4.98 Å². The maximum Gasteiger partial charge on any atom is 0.246 e. The molecule has 3 aromatic heterocycles. The third-order valence-electron chi connectivity index (χ3n) is 3.82. The minimum atomic E-state index is 0.345. The van der Waals surface area contributed by atoms with Crippen molar-refractivity contribution in [3.63, 3.8) is 0 Å². The highest BCUT2D eigenvalue weighted by atomic mass is 16.5. The quantitative estimate of drug-likeness (QED) is 0.692. The van der Waals surface area contributed by atoms with Crippen molar-refractivity contribution in [1.29, 1.82) is 0 Å². The molecule has 7 nitrogen and oxygen atoms in total. The molecule has 0 radical (unpaired) electrons. The van der Waals surface area contributed by atoms with E-state index in [9.17, 15) is 0 Å². The van der Waals surface area contributed by atoms with Gasteiger partial charge in [0.2, 0.25) is 5.89 Å². The van der Waals surface area contributed by atoms with E-state index in [1.54, 1.807) is 6.20 Å². The molecule has 0 aromatic carbocycles. The van der Waals surface area contributed by atoms with Crippen molar-refractivity contribution in [1.82, 2.24) is 24.7 Å². The molecule has 0 amide bonds. The lowest BCUT2D eigenvalue weighted by Gasteiger charge is -2.19. The van der Waals surface area contributed by atoms with Crippen molar-refractivity contribution < 1.29 is 4.52 Å². The number of rotatable bonds is 6. The fraction of sp³-hybridized carbons (Fsp3) is 0.529. The summed E-state index contributed by atoms with van der Waals surface area (Å²) in [6.45, 7) is 9.08. The number of fused-ring (bicyclic) bond motifs is 1. The monoisotopic (exact) mass is 328 g/mol. The summed E-state index contributed by atoms with van der Waals surface area (Å²) in [4.78, 5) is 11.2. The second-order valence-electron chi connectivity index (χ2n) is 6.85. The molecule has 0 saturated carbocycles. The van der Waals surface area contributed by atoms with Gasteiger partial charge < -0.3 is 9.42 Å². The van der Waals surface area contributed by atoms with E-state index in [0.717, 1.165) is 29.4 Å². The Balaban J connectivity index is 1.86. The van der Waals surface area contributed by atoms with Crippen LogP contribution in [0.1, 0.15) is 51.0 Å². The van der Waals surface area contributed by atoms with Crippen LogP contribution in [-0.2, 0) is 13.0 Å². The minimum Gasteiger partial charge on any atom is -0.350 e. The average molecular weight is 328 g/mol. The van der Waals surface area contributed by atoms with Crippen molar-refractivity contribution >= 4 is 11.5 Å². The summed E-state index contributed by atoms with van der Waals surface area (Å²) in [5, 5.41) is 8.43. The minimum absolute atomic E-state index is 0.345. The molecule has 24 heavy (non-hydrogen) atoms. The van der Waals surface area contributed by atoms with Gasteiger partial charge in [0, 0.05) is 31.3 Å². The first-order valence-electron chi connectivity index (χ1n) is 8.31. The fourth-order valence-electron chi connectivity index (χ4n) is 2.57. The lowest BCUT2D eigenvalue weighted by Crippen LogP contribution is -2.21. The predicted octanol–water partition coefficient (Wildman–Crippen LogP) is 3.07. The van der Waals surface area contributed by atoms with Crippen LogP contribution < -0.4 is 4.90 Å². The van der Waals surface area contributed by atoms with Gasteiger partial charge in [-0.15, -0.1) is 0 Å². The van der Waals surface area contributed by atoms with Gasteiger partial charge in [-0.1, -0.05) is 32.9 Å². The van der Waals surface area contributed by atoms with Crippen molar-refractivity contribution in [3.05, 3.63) is 35.7 Å². The van der Waals surface area contributed by atoms with Crippen LogP contribution in [0.5, 0.6) is 0 Å². The van der Waals surface area contributed by atoms with Crippen molar-refractivity contribution in [2.75, 3.05) is 11.9 Å². The normalized spacial score (nSPS) is 11.8. The summed E-state index contributed by atoms with van der Waals surface area (Å²) in [5.74, 6) is 3.17. The van der Waals surface area contributed by atoms with Crippen LogP contribution in [0.25, 0.3) is 5.65 Å². The van der Waals surface area contributed by atoms with E-state index in [-0.39, 0.29) is 0 Å². The Hall–Kier alpha value is -2.44. The molecule has 0 saturated heterocycles. The van der Waals surface area contributed by atoms with Gasteiger partial charge in [-0.3, -0.25) is 0 Å². The first kappa shape index (κ1) is 16.4. The first-order chi connectivity index (χ1) is 11.4. The molecule has 0 aliphatic carbocycles. The Kier molecular flexibility index (Phi) is 4.51. The van der Waals surface area contributed by atoms with Crippen molar-refractivity contribution in [3.8, 4) is 0 Å². The molecule has 0 fully saturated rings. The molecule has 0 bridgehead atoms. The lowest BCUT2D eigenvalue weighted by atomic mass is 10.1. The number of hydrogen-bond acceptors (Lipinski definition) is 6. The third-order valence-corrected chi connectivity index (χ3v) is 3.82. The molecule has 7 heteroatoms. The lowest BCUT2D eigenvalue weighted by molar-refractivity contribution is 0.370. The fourth-order valence-corrected chi connectivity index (χ4v) is 2.57. The van der Waals surface area contributed by atoms with E-state index < -0.39 is 0 Å². The molecule has 0 aliphatic heterocycles. The third kappa shape index (κ3) is 3.39. The number of hydrogen-bond donors (Lipinski definition) is 0. The molecule has 3 rings (SSSR count). The van der Waals surface area contributed by atoms with Crippen LogP contribution in [0, 0.1) is 5.92 Å². The second kappa shape index (κ2) is 6.59. The maximum absolute atomic E-state index is 5.38. The maximum atomic E-state index is 5.38. The molecule has 3 aromatic rings. The van der Waals surface area contributed by atoms with E-state index >= 15 is 0 Å². The number of anilines is 1. The average Bonchev–Trinajstić information content (AvgIpc) is 3.14. The highest BCUT2D eigenvalue weighted by molar-refractivity contribution is 5.50. The summed E-state index contributed by atoms with van der Waals surface area (Å²) >= 11 is 0. The van der Waals surface area contributed by atoms with Crippen LogP contribution in [-0.4, -0.2) is 31.8 Å². The largest absolute Gasteiger partial charge is 0.350 e. The zero-order valence-electron chi connectivity index (χ0n) is 14.9. The zero-order chi connectivity index (χ0) is 17.3. The summed E-state index contributed by atoms with van der Waals surface area (Å²) < 4.78 is 7.21. The predicted molar refractivity (Wildman–Crippen MR) is 92.0 cm³/mol. The smallest absolute Gasteiger partial charge is 0.246 e. The van der Waals surface area contributed by atoms with Gasteiger partial charge in [0.05, 0.1) is 12.7 Å². The Morgan fingerprint density at radius 3 is 2.71 bits per heavy atom. The van der Waals surface area contributed by atoms with Crippen molar-refractivity contribution in [2.24, 2.45) is 5.92 Å². The Morgan fingerprint density at radius 1 is 1.21 bits per heavy atom. The second-order valence-corrected chi connectivity index (χ2v) is 6.85. The molecule has 0 aliphatic rings. The Labute approximate surface area is 141 Å². The summed E-state index contributed by atoms with van der Waals surface area (Å²) in [5.41, 5.74) is 1.88. The van der Waals surface area contributed by atoms with Gasteiger partial charge in [-0.05, 0) is 11.8 Å². The van der Waals surface area contributed by atoms with E-state index in [1.165, 1.54) is 0 Å². The molecule has 128 valence electrons. The molecule has 3 heterocycles. The topological polar surface area (TPSA) is 72.4 Å². The standard InChI is InChI=1S/C17H24N6O/c1-11(2)8-14-20-16(24-21-14)10-22(5)17-9-13(12(3)4)19-15-6-7-18-23(15)17/h6-7,9,11-12H,8,10H2,1-5H3. The van der Waals surface area contributed by atoms with Gasteiger partial charge in [0.25, 0.3) is 0 Å². The number of aromatic nitrogens is 5. The van der Waals surface area contributed by atoms with Crippen LogP contribution in [0.15, 0.2) is 22.9 Å². The summed E-state index contributed by atoms with van der Waals surface area (Å²) in [7, 11) is 1.99. The molecule has 0 N–H and O–H groups in total. The van der Waals surface area contributed by atoms with Gasteiger partial charge >= 0.3 is 0 Å². The van der Waals surface area contributed by atoms with Gasteiger partial charge in [0.15, 0.2) is 11.5 Å². The van der Waals surface area contributed by atoms with Gasteiger partial charge in [0.1, 0.15) is 5.82 Å². The number of nitrogens with zero attached hydrogens (tertiary/aromatic N) is 6. The van der Waals surface area contributed by atoms with Crippen LogP contribution in [0.3, 0.4) is 0 Å². The Morgan fingerprint density at radius 2 is 2.00 bits per heavy atom. The Bertz CT molecular complexity index is 819. The molecule has 0 unspecified atom stereocenters. The van der Waals surface area contributed by atoms with E-state index in [4.69, 9.17) is 4.52 Å². The van der Waals surface area contributed by atoms with E-state index in [2.05, 4.69) is 58.9 Å². The molecule has 0 spiro atoms. The summed E-state index contributed by atoms with van der Waals surface area (Å²) in [6, 6.07) is 3.98. The highest BCUT2D eigenvalue weighted by Crippen LogP contribution is 2.22. The van der Waals surface area contributed by atoms with Crippen LogP contribution in [0.2, 0.25) is 0 Å². The molecule has 0 atom stereocenters. The first-order valence-corrected chi connectivity index (χ1v) is 8.31. The van der Waals surface area contributed by atoms with E-state index in [1.807, 2.05) is 17.6 Å². The van der Waals surface area contributed by atoms with E-state index in [0.29, 0.717) is 24.3 Å². The van der Waals surface area contributed by atoms with Crippen molar-refractivity contribution in [2.45, 2.75) is 46.6 Å². The zero-order valence-corrected chi connectivity index (χ0v) is 14.9. The SMILES string of the molecule is CC(C)Cc1noc(CN(C)c2cc(C(C)C)nc3ccnn23)n1. The summed E-state index contributed by atoms with van der Waals surface area (Å²) in [6.07, 6.45) is 2.58. The van der Waals surface area contributed by atoms with Crippen LogP contribution in [0.4, 0.5) is 5.82 Å². The van der Waals surface area contributed by atoms with Gasteiger partial charge in [-0.2, -0.15) is 14.6 Å². The van der Waals surface area contributed by atoms with Crippen LogP contribution >= 0.6 is 0 Å².